The highest BCUT2D eigenvalue weighted by atomic mass is 16.4. The lowest BCUT2D eigenvalue weighted by atomic mass is 9.98. The first kappa shape index (κ1) is 15.6. The van der Waals surface area contributed by atoms with Gasteiger partial charge in [0.1, 0.15) is 0 Å². The minimum atomic E-state index is 0.0597. The number of rotatable bonds is 4. The van der Waals surface area contributed by atoms with Crippen molar-refractivity contribution >= 4 is 5.91 Å². The third-order valence-electron chi connectivity index (χ3n) is 4.82. The van der Waals surface area contributed by atoms with E-state index in [1.165, 1.54) is 12.8 Å². The fourth-order valence-corrected chi connectivity index (χ4v) is 3.48. The Kier molecular flexibility index (Phi) is 4.55. The van der Waals surface area contributed by atoms with Crippen LogP contribution in [0.15, 0.2) is 4.42 Å². The Hall–Kier alpha value is -1.32. The predicted octanol–water partition coefficient (Wildman–Crippen LogP) is 4.29. The van der Waals surface area contributed by atoms with Crippen LogP contribution in [0.5, 0.6) is 0 Å². The summed E-state index contributed by atoms with van der Waals surface area (Å²) >= 11 is 0. The van der Waals surface area contributed by atoms with Crippen molar-refractivity contribution in [2.45, 2.75) is 77.7 Å². The third-order valence-corrected chi connectivity index (χ3v) is 4.82. The minimum Gasteiger partial charge on any atom is -0.435 e. The zero-order valence-corrected chi connectivity index (χ0v) is 14.1. The lowest BCUT2D eigenvalue weighted by molar-refractivity contribution is 0.0625. The van der Waals surface area contributed by atoms with Gasteiger partial charge in [0.05, 0.1) is 5.69 Å². The van der Waals surface area contributed by atoms with Gasteiger partial charge in [-0.15, -0.1) is 0 Å². The van der Waals surface area contributed by atoms with E-state index in [2.05, 4.69) is 23.7 Å². The zero-order valence-electron chi connectivity index (χ0n) is 14.1. The highest BCUT2D eigenvalue weighted by Gasteiger charge is 2.34. The summed E-state index contributed by atoms with van der Waals surface area (Å²) in [5.41, 5.74) is 0.763. The summed E-state index contributed by atoms with van der Waals surface area (Å²) in [6, 6.07) is 0.351. The van der Waals surface area contributed by atoms with Crippen LogP contribution in [0.4, 0.5) is 0 Å². The summed E-state index contributed by atoms with van der Waals surface area (Å²) in [7, 11) is 0. The van der Waals surface area contributed by atoms with Crippen LogP contribution in [0.25, 0.3) is 0 Å². The molecule has 2 fully saturated rings. The quantitative estimate of drug-likeness (QED) is 0.833. The van der Waals surface area contributed by atoms with Gasteiger partial charge in [-0.3, -0.25) is 4.79 Å². The second-order valence-corrected chi connectivity index (χ2v) is 7.37. The maximum Gasteiger partial charge on any atom is 0.291 e. The summed E-state index contributed by atoms with van der Waals surface area (Å²) in [6.07, 6.45) is 8.04. The van der Waals surface area contributed by atoms with Gasteiger partial charge < -0.3 is 9.32 Å². The van der Waals surface area contributed by atoms with Gasteiger partial charge in [-0.05, 0) is 44.9 Å². The van der Waals surface area contributed by atoms with Crippen LogP contribution in [0, 0.1) is 12.8 Å². The van der Waals surface area contributed by atoms with Crippen molar-refractivity contribution in [2.75, 3.05) is 6.54 Å². The Balaban J connectivity index is 1.80. The Bertz CT molecular complexity index is 531. The summed E-state index contributed by atoms with van der Waals surface area (Å²) in [5, 5.41) is 0. The molecule has 2 aliphatic rings. The molecule has 0 spiro atoms. The van der Waals surface area contributed by atoms with Gasteiger partial charge in [0.15, 0.2) is 5.89 Å². The Morgan fingerprint density at radius 3 is 2.73 bits per heavy atom. The summed E-state index contributed by atoms with van der Waals surface area (Å²) < 4.78 is 5.85. The minimum absolute atomic E-state index is 0.0597. The molecule has 1 aliphatic heterocycles. The third kappa shape index (κ3) is 3.36. The van der Waals surface area contributed by atoms with Crippen molar-refractivity contribution < 1.29 is 9.21 Å². The van der Waals surface area contributed by atoms with Crippen molar-refractivity contribution in [3.05, 3.63) is 17.3 Å². The van der Waals surface area contributed by atoms with Crippen LogP contribution in [0.2, 0.25) is 0 Å². The average molecular weight is 304 g/mol. The Labute approximate surface area is 133 Å². The van der Waals surface area contributed by atoms with Gasteiger partial charge >= 0.3 is 0 Å². The second-order valence-electron chi connectivity index (χ2n) is 7.37. The molecule has 1 amide bonds. The standard InChI is InChI=1S/C18H28N2O2/c1-12(2)11-15-7-5-4-6-10-20(15)18(21)16-13(3)19-17(22-16)14-8-9-14/h12,14-15H,4-11H2,1-3H3/t15-/m0/s1. The van der Waals surface area contributed by atoms with Crippen LogP contribution in [0.1, 0.15) is 86.9 Å². The van der Waals surface area contributed by atoms with E-state index in [4.69, 9.17) is 4.42 Å². The Morgan fingerprint density at radius 1 is 1.27 bits per heavy atom. The monoisotopic (exact) mass is 304 g/mol. The zero-order chi connectivity index (χ0) is 15.7. The van der Waals surface area contributed by atoms with Gasteiger partial charge in [-0.1, -0.05) is 26.7 Å². The number of amides is 1. The van der Waals surface area contributed by atoms with Gasteiger partial charge in [0, 0.05) is 18.5 Å². The Morgan fingerprint density at radius 2 is 2.05 bits per heavy atom. The number of carbonyl (C=O) groups is 1. The summed E-state index contributed by atoms with van der Waals surface area (Å²) in [4.78, 5) is 19.6. The highest BCUT2D eigenvalue weighted by Crippen LogP contribution is 2.40. The van der Waals surface area contributed by atoms with Gasteiger partial charge in [0.2, 0.25) is 5.76 Å². The molecule has 4 nitrogen and oxygen atoms in total. The molecule has 1 aromatic rings. The van der Waals surface area contributed by atoms with Crippen molar-refractivity contribution in [3.63, 3.8) is 0 Å². The van der Waals surface area contributed by atoms with E-state index in [9.17, 15) is 4.79 Å². The van der Waals surface area contributed by atoms with Gasteiger partial charge in [0.25, 0.3) is 5.91 Å². The number of aryl methyl sites for hydroxylation is 1. The molecule has 1 saturated carbocycles. The summed E-state index contributed by atoms with van der Waals surface area (Å²) in [6.45, 7) is 7.23. The van der Waals surface area contributed by atoms with E-state index in [1.54, 1.807) is 0 Å². The molecule has 1 atom stereocenters. The molecule has 1 saturated heterocycles. The van der Waals surface area contributed by atoms with Gasteiger partial charge in [-0.25, -0.2) is 4.98 Å². The van der Waals surface area contributed by atoms with E-state index < -0.39 is 0 Å². The fraction of sp³-hybridized carbons (Fsp3) is 0.778. The summed E-state index contributed by atoms with van der Waals surface area (Å²) in [5.74, 6) is 2.38. The molecule has 22 heavy (non-hydrogen) atoms. The van der Waals surface area contributed by atoms with E-state index in [1.807, 2.05) is 6.92 Å². The molecule has 1 aromatic heterocycles. The first-order chi connectivity index (χ1) is 10.6. The number of nitrogens with zero attached hydrogens (tertiary/aromatic N) is 2. The molecule has 0 unspecified atom stereocenters. The lowest BCUT2D eigenvalue weighted by Gasteiger charge is -2.30. The number of aromatic nitrogens is 1. The smallest absolute Gasteiger partial charge is 0.291 e. The van der Waals surface area contributed by atoms with Crippen molar-refractivity contribution in [3.8, 4) is 0 Å². The molecule has 1 aliphatic carbocycles. The van der Waals surface area contributed by atoms with Crippen LogP contribution in [-0.2, 0) is 0 Å². The number of likely N-dealkylation sites (tertiary alicyclic amines) is 1. The number of carbonyl (C=O) groups excluding carboxylic acids is 1. The molecule has 122 valence electrons. The topological polar surface area (TPSA) is 46.3 Å². The highest BCUT2D eigenvalue weighted by molar-refractivity contribution is 5.92. The molecule has 0 aromatic carbocycles. The average Bonchev–Trinajstić information content (AvgIpc) is 3.25. The SMILES string of the molecule is Cc1nc(C2CC2)oc1C(=O)N1CCCCC[C@H]1CC(C)C. The van der Waals surface area contributed by atoms with Crippen molar-refractivity contribution in [2.24, 2.45) is 5.92 Å². The fourth-order valence-electron chi connectivity index (χ4n) is 3.48. The molecule has 0 radical (unpaired) electrons. The molecule has 4 heteroatoms. The largest absolute Gasteiger partial charge is 0.435 e. The first-order valence-electron chi connectivity index (χ1n) is 8.84. The number of hydrogen-bond acceptors (Lipinski definition) is 3. The predicted molar refractivity (Wildman–Crippen MR) is 86.0 cm³/mol. The van der Waals surface area contributed by atoms with Crippen molar-refractivity contribution in [1.82, 2.24) is 9.88 Å². The number of oxazole rings is 1. The molecule has 0 N–H and O–H groups in total. The van der Waals surface area contributed by atoms with E-state index >= 15 is 0 Å². The molecule has 2 heterocycles. The van der Waals surface area contributed by atoms with E-state index in [0.717, 1.165) is 50.2 Å². The van der Waals surface area contributed by atoms with Gasteiger partial charge in [-0.2, -0.15) is 0 Å². The maximum atomic E-state index is 13.0. The van der Waals surface area contributed by atoms with Crippen molar-refractivity contribution in [1.29, 1.82) is 0 Å². The number of hydrogen-bond donors (Lipinski definition) is 0. The lowest BCUT2D eigenvalue weighted by Crippen LogP contribution is -2.40. The van der Waals surface area contributed by atoms with Crippen LogP contribution in [0.3, 0.4) is 0 Å². The van der Waals surface area contributed by atoms with Crippen LogP contribution >= 0.6 is 0 Å². The first-order valence-corrected chi connectivity index (χ1v) is 8.84. The maximum absolute atomic E-state index is 13.0. The molecule has 0 bridgehead atoms. The molecular formula is C18H28N2O2. The normalized spacial score (nSPS) is 22.9. The van der Waals surface area contributed by atoms with E-state index in [0.29, 0.717) is 23.6 Å². The van der Waals surface area contributed by atoms with Crippen LogP contribution < -0.4 is 0 Å². The van der Waals surface area contributed by atoms with Crippen LogP contribution in [-0.4, -0.2) is 28.4 Å². The second kappa shape index (κ2) is 6.43. The molecular weight excluding hydrogens is 276 g/mol. The molecule has 3 rings (SSSR count). The van der Waals surface area contributed by atoms with E-state index in [-0.39, 0.29) is 5.91 Å².